The number of hydrogen-bond donors (Lipinski definition) is 0. The molecular formula is C11H21NO2. The Morgan fingerprint density at radius 2 is 2.29 bits per heavy atom. The fourth-order valence-electron chi connectivity index (χ4n) is 2.05. The van der Waals surface area contributed by atoms with Gasteiger partial charge in [-0.05, 0) is 25.7 Å². The SMILES string of the molecule is CCCC(=O)N1CCCCC1COC. The van der Waals surface area contributed by atoms with Gasteiger partial charge < -0.3 is 9.64 Å². The maximum atomic E-state index is 11.8. The minimum absolute atomic E-state index is 0.300. The predicted octanol–water partition coefficient (Wildman–Crippen LogP) is 1.81. The van der Waals surface area contributed by atoms with Crippen LogP contribution in [-0.4, -0.2) is 37.1 Å². The fourth-order valence-corrected chi connectivity index (χ4v) is 2.05. The van der Waals surface area contributed by atoms with Crippen molar-refractivity contribution in [2.45, 2.75) is 45.1 Å². The number of nitrogens with zero attached hydrogens (tertiary/aromatic N) is 1. The van der Waals surface area contributed by atoms with Gasteiger partial charge in [0.25, 0.3) is 0 Å². The molecule has 0 spiro atoms. The van der Waals surface area contributed by atoms with E-state index in [4.69, 9.17) is 4.74 Å². The van der Waals surface area contributed by atoms with Crippen LogP contribution in [0.25, 0.3) is 0 Å². The third-order valence-corrected chi connectivity index (χ3v) is 2.77. The lowest BCUT2D eigenvalue weighted by atomic mass is 10.0. The first kappa shape index (κ1) is 11.5. The van der Waals surface area contributed by atoms with E-state index in [1.807, 2.05) is 11.8 Å². The summed E-state index contributed by atoms with van der Waals surface area (Å²) in [6.07, 6.45) is 5.10. The van der Waals surface area contributed by atoms with E-state index in [0.717, 1.165) is 25.8 Å². The van der Waals surface area contributed by atoms with Crippen LogP contribution in [0.2, 0.25) is 0 Å². The third kappa shape index (κ3) is 2.98. The van der Waals surface area contributed by atoms with Crippen molar-refractivity contribution in [1.29, 1.82) is 0 Å². The molecule has 14 heavy (non-hydrogen) atoms. The van der Waals surface area contributed by atoms with Crippen LogP contribution in [-0.2, 0) is 9.53 Å². The molecule has 0 radical (unpaired) electrons. The molecule has 0 aliphatic carbocycles. The van der Waals surface area contributed by atoms with Crippen LogP contribution in [0, 0.1) is 0 Å². The van der Waals surface area contributed by atoms with Crippen molar-refractivity contribution in [2.75, 3.05) is 20.3 Å². The molecule has 1 rings (SSSR count). The molecule has 1 unspecified atom stereocenters. The Labute approximate surface area is 86.4 Å². The molecule has 1 heterocycles. The van der Waals surface area contributed by atoms with Crippen molar-refractivity contribution in [2.24, 2.45) is 0 Å². The highest BCUT2D eigenvalue weighted by molar-refractivity contribution is 5.76. The van der Waals surface area contributed by atoms with Crippen LogP contribution in [0.1, 0.15) is 39.0 Å². The van der Waals surface area contributed by atoms with Gasteiger partial charge in [0.05, 0.1) is 12.6 Å². The Kier molecular flexibility index (Phi) is 4.94. The van der Waals surface area contributed by atoms with Crippen LogP contribution < -0.4 is 0 Å². The molecule has 1 aliphatic rings. The number of methoxy groups -OCH3 is 1. The highest BCUT2D eigenvalue weighted by Crippen LogP contribution is 2.18. The van der Waals surface area contributed by atoms with E-state index in [2.05, 4.69) is 0 Å². The molecule has 1 saturated heterocycles. The smallest absolute Gasteiger partial charge is 0.222 e. The number of hydrogen-bond acceptors (Lipinski definition) is 2. The minimum atomic E-state index is 0.300. The topological polar surface area (TPSA) is 29.5 Å². The van der Waals surface area contributed by atoms with Gasteiger partial charge in [-0.1, -0.05) is 6.92 Å². The van der Waals surface area contributed by atoms with Crippen molar-refractivity contribution < 1.29 is 9.53 Å². The molecule has 1 atom stereocenters. The van der Waals surface area contributed by atoms with E-state index in [-0.39, 0.29) is 0 Å². The lowest BCUT2D eigenvalue weighted by Crippen LogP contribution is -2.45. The van der Waals surface area contributed by atoms with Gasteiger partial charge in [-0.2, -0.15) is 0 Å². The largest absolute Gasteiger partial charge is 0.383 e. The number of carbonyl (C=O) groups is 1. The second kappa shape index (κ2) is 6.02. The van der Waals surface area contributed by atoms with Gasteiger partial charge in [0, 0.05) is 20.1 Å². The standard InChI is InChI=1S/C11H21NO2/c1-3-6-11(13)12-8-5-4-7-10(12)9-14-2/h10H,3-9H2,1-2H3. The first-order valence-electron chi connectivity index (χ1n) is 5.58. The Morgan fingerprint density at radius 1 is 1.50 bits per heavy atom. The lowest BCUT2D eigenvalue weighted by Gasteiger charge is -2.35. The predicted molar refractivity (Wildman–Crippen MR) is 56.1 cm³/mol. The lowest BCUT2D eigenvalue weighted by molar-refractivity contribution is -0.136. The zero-order chi connectivity index (χ0) is 10.4. The first-order chi connectivity index (χ1) is 6.79. The van der Waals surface area contributed by atoms with E-state index >= 15 is 0 Å². The highest BCUT2D eigenvalue weighted by atomic mass is 16.5. The van der Waals surface area contributed by atoms with Crippen LogP contribution in [0.5, 0.6) is 0 Å². The van der Waals surface area contributed by atoms with Crippen molar-refractivity contribution in [3.05, 3.63) is 0 Å². The van der Waals surface area contributed by atoms with E-state index < -0.39 is 0 Å². The van der Waals surface area contributed by atoms with Gasteiger partial charge in [-0.3, -0.25) is 4.79 Å². The summed E-state index contributed by atoms with van der Waals surface area (Å²) in [5, 5.41) is 0. The molecule has 0 saturated carbocycles. The minimum Gasteiger partial charge on any atom is -0.383 e. The van der Waals surface area contributed by atoms with Crippen molar-refractivity contribution in [1.82, 2.24) is 4.90 Å². The summed E-state index contributed by atoms with van der Waals surface area (Å²) in [5.74, 6) is 0.300. The molecule has 0 aromatic carbocycles. The number of amides is 1. The summed E-state index contributed by atoms with van der Waals surface area (Å²) >= 11 is 0. The van der Waals surface area contributed by atoms with E-state index in [1.165, 1.54) is 6.42 Å². The summed E-state index contributed by atoms with van der Waals surface area (Å²) < 4.78 is 5.15. The summed E-state index contributed by atoms with van der Waals surface area (Å²) in [5.41, 5.74) is 0. The maximum Gasteiger partial charge on any atom is 0.222 e. The molecular weight excluding hydrogens is 178 g/mol. The Bertz CT molecular complexity index is 180. The Morgan fingerprint density at radius 3 is 2.93 bits per heavy atom. The van der Waals surface area contributed by atoms with Gasteiger partial charge in [0.1, 0.15) is 0 Å². The maximum absolute atomic E-state index is 11.8. The van der Waals surface area contributed by atoms with Gasteiger partial charge in [0.2, 0.25) is 5.91 Å². The van der Waals surface area contributed by atoms with Crippen molar-refractivity contribution in [3.63, 3.8) is 0 Å². The zero-order valence-corrected chi connectivity index (χ0v) is 9.29. The second-order valence-corrected chi connectivity index (χ2v) is 3.94. The monoisotopic (exact) mass is 199 g/mol. The van der Waals surface area contributed by atoms with Gasteiger partial charge >= 0.3 is 0 Å². The van der Waals surface area contributed by atoms with Crippen molar-refractivity contribution in [3.8, 4) is 0 Å². The van der Waals surface area contributed by atoms with E-state index in [9.17, 15) is 4.79 Å². The van der Waals surface area contributed by atoms with Gasteiger partial charge in [-0.25, -0.2) is 0 Å². The van der Waals surface area contributed by atoms with E-state index in [1.54, 1.807) is 7.11 Å². The molecule has 3 heteroatoms. The van der Waals surface area contributed by atoms with E-state index in [0.29, 0.717) is 25.0 Å². The number of rotatable bonds is 4. The normalized spacial score (nSPS) is 22.4. The number of likely N-dealkylation sites (tertiary alicyclic amines) is 1. The molecule has 0 aromatic heterocycles. The van der Waals surface area contributed by atoms with Gasteiger partial charge in [0.15, 0.2) is 0 Å². The van der Waals surface area contributed by atoms with Crippen LogP contribution in [0.3, 0.4) is 0 Å². The van der Waals surface area contributed by atoms with Crippen LogP contribution in [0.4, 0.5) is 0 Å². The summed E-state index contributed by atoms with van der Waals surface area (Å²) in [7, 11) is 1.71. The molecule has 3 nitrogen and oxygen atoms in total. The molecule has 0 aromatic rings. The third-order valence-electron chi connectivity index (χ3n) is 2.77. The molecule has 1 amide bonds. The highest BCUT2D eigenvalue weighted by Gasteiger charge is 2.25. The molecule has 0 N–H and O–H groups in total. The summed E-state index contributed by atoms with van der Waals surface area (Å²) in [4.78, 5) is 13.8. The molecule has 82 valence electrons. The zero-order valence-electron chi connectivity index (χ0n) is 9.29. The second-order valence-electron chi connectivity index (χ2n) is 3.94. The average Bonchev–Trinajstić information content (AvgIpc) is 2.19. The number of carbonyl (C=O) groups excluding carboxylic acids is 1. The van der Waals surface area contributed by atoms with Crippen molar-refractivity contribution >= 4 is 5.91 Å². The fraction of sp³-hybridized carbons (Fsp3) is 0.909. The summed E-state index contributed by atoms with van der Waals surface area (Å²) in [6.45, 7) is 3.66. The number of piperidine rings is 1. The Balaban J connectivity index is 2.48. The Hall–Kier alpha value is -0.570. The van der Waals surface area contributed by atoms with Crippen LogP contribution >= 0.6 is 0 Å². The van der Waals surface area contributed by atoms with Crippen LogP contribution in [0.15, 0.2) is 0 Å². The molecule has 1 fully saturated rings. The average molecular weight is 199 g/mol. The quantitative estimate of drug-likeness (QED) is 0.691. The van der Waals surface area contributed by atoms with Gasteiger partial charge in [-0.15, -0.1) is 0 Å². The molecule has 0 bridgehead atoms. The first-order valence-corrected chi connectivity index (χ1v) is 5.58. The molecule has 1 aliphatic heterocycles. The summed E-state index contributed by atoms with van der Waals surface area (Å²) in [6, 6.07) is 0.327. The number of ether oxygens (including phenoxy) is 1.